The number of para-hydroxylation sites is 1. The Hall–Kier alpha value is -1.22. The van der Waals surface area contributed by atoms with Gasteiger partial charge in [-0.15, -0.1) is 24.0 Å². The largest absolute Gasteiger partial charge is 0.504 e. The van der Waals surface area contributed by atoms with E-state index in [4.69, 9.17) is 9.47 Å². The molecule has 6 nitrogen and oxygen atoms in total. The van der Waals surface area contributed by atoms with Gasteiger partial charge in [-0.25, -0.2) is 0 Å². The van der Waals surface area contributed by atoms with Crippen molar-refractivity contribution >= 4 is 29.9 Å². The summed E-state index contributed by atoms with van der Waals surface area (Å²) in [6.07, 6.45) is 4.79. The van der Waals surface area contributed by atoms with E-state index in [9.17, 15) is 5.11 Å². The van der Waals surface area contributed by atoms with Crippen molar-refractivity contribution in [2.75, 3.05) is 20.2 Å². The van der Waals surface area contributed by atoms with Crippen LogP contribution in [0.4, 0.5) is 0 Å². The van der Waals surface area contributed by atoms with Gasteiger partial charge in [-0.3, -0.25) is 4.99 Å². The lowest BCUT2D eigenvalue weighted by molar-refractivity contribution is 0.0992. The molecule has 1 aromatic carbocycles. The Bertz CT molecular complexity index is 597. The zero-order valence-electron chi connectivity index (χ0n) is 14.8. The molecular weight excluding hydrogens is 433 g/mol. The molecule has 2 heterocycles. The SMILES string of the molecule is CCNC(=NCCc1cccc(OC)c1O)NC1CC2CCC1O2.I. The number of nitrogens with one attached hydrogen (secondary N) is 2. The number of ether oxygens (including phenoxy) is 2. The van der Waals surface area contributed by atoms with Crippen LogP contribution in [0, 0.1) is 0 Å². The highest BCUT2D eigenvalue weighted by molar-refractivity contribution is 14.0. The second-order valence-corrected chi connectivity index (χ2v) is 6.34. The van der Waals surface area contributed by atoms with Crippen LogP contribution in [0.25, 0.3) is 0 Å². The Balaban J connectivity index is 0.00000225. The van der Waals surface area contributed by atoms with Crippen molar-refractivity contribution in [2.24, 2.45) is 4.99 Å². The molecule has 0 spiro atoms. The number of benzene rings is 1. The highest BCUT2D eigenvalue weighted by atomic mass is 127. The lowest BCUT2D eigenvalue weighted by Gasteiger charge is -2.22. The number of nitrogens with zero attached hydrogens (tertiary/aromatic N) is 1. The quantitative estimate of drug-likeness (QED) is 0.345. The summed E-state index contributed by atoms with van der Waals surface area (Å²) in [4.78, 5) is 4.64. The summed E-state index contributed by atoms with van der Waals surface area (Å²) >= 11 is 0. The number of rotatable bonds is 6. The number of phenols is 1. The first-order valence-electron chi connectivity index (χ1n) is 8.76. The third kappa shape index (κ3) is 4.91. The number of hydrogen-bond acceptors (Lipinski definition) is 4. The van der Waals surface area contributed by atoms with Gasteiger partial charge in [-0.05, 0) is 44.2 Å². The molecule has 0 saturated carbocycles. The molecule has 3 unspecified atom stereocenters. The number of halogens is 1. The molecule has 3 rings (SSSR count). The minimum absolute atomic E-state index is 0. The first-order chi connectivity index (χ1) is 11.7. The van der Waals surface area contributed by atoms with Gasteiger partial charge in [-0.1, -0.05) is 12.1 Å². The normalized spacial score (nSPS) is 24.7. The third-order valence-corrected chi connectivity index (χ3v) is 4.73. The van der Waals surface area contributed by atoms with Crippen LogP contribution in [0.5, 0.6) is 11.5 Å². The minimum Gasteiger partial charge on any atom is -0.504 e. The van der Waals surface area contributed by atoms with E-state index < -0.39 is 0 Å². The first-order valence-corrected chi connectivity index (χ1v) is 8.76. The van der Waals surface area contributed by atoms with E-state index >= 15 is 0 Å². The molecule has 1 aromatic rings. The summed E-state index contributed by atoms with van der Waals surface area (Å²) in [6.45, 7) is 3.47. The van der Waals surface area contributed by atoms with Gasteiger partial charge in [-0.2, -0.15) is 0 Å². The summed E-state index contributed by atoms with van der Waals surface area (Å²) in [6, 6.07) is 5.89. The molecule has 0 amide bonds. The molecule has 2 saturated heterocycles. The maximum absolute atomic E-state index is 10.1. The van der Waals surface area contributed by atoms with Crippen LogP contribution in [0.1, 0.15) is 31.7 Å². The van der Waals surface area contributed by atoms with Crippen LogP contribution in [-0.4, -0.2) is 49.5 Å². The van der Waals surface area contributed by atoms with E-state index in [2.05, 4.69) is 22.5 Å². The van der Waals surface area contributed by atoms with Gasteiger partial charge >= 0.3 is 0 Å². The van der Waals surface area contributed by atoms with Crippen LogP contribution in [0.3, 0.4) is 0 Å². The molecule has 2 fully saturated rings. The molecule has 2 bridgehead atoms. The second kappa shape index (κ2) is 9.47. The van der Waals surface area contributed by atoms with E-state index in [1.54, 1.807) is 13.2 Å². The summed E-state index contributed by atoms with van der Waals surface area (Å²) in [5, 5.41) is 16.9. The second-order valence-electron chi connectivity index (χ2n) is 6.34. The van der Waals surface area contributed by atoms with Crippen LogP contribution in [0.15, 0.2) is 23.2 Å². The molecule has 3 atom stereocenters. The van der Waals surface area contributed by atoms with Gasteiger partial charge in [0.15, 0.2) is 17.5 Å². The molecule has 2 aliphatic rings. The van der Waals surface area contributed by atoms with Crippen molar-refractivity contribution in [3.8, 4) is 11.5 Å². The van der Waals surface area contributed by atoms with Gasteiger partial charge in [0.1, 0.15) is 0 Å². The van der Waals surface area contributed by atoms with E-state index in [0.29, 0.717) is 37.0 Å². The van der Waals surface area contributed by atoms with Crippen LogP contribution < -0.4 is 15.4 Å². The highest BCUT2D eigenvalue weighted by Gasteiger charge is 2.41. The zero-order chi connectivity index (χ0) is 16.9. The fourth-order valence-electron chi connectivity index (χ4n) is 3.51. The molecule has 7 heteroatoms. The number of hydrogen-bond donors (Lipinski definition) is 3. The molecular formula is C18H28IN3O3. The average Bonchev–Trinajstić information content (AvgIpc) is 3.19. The lowest BCUT2D eigenvalue weighted by Crippen LogP contribution is -2.47. The Kier molecular flexibility index (Phi) is 7.61. The molecule has 140 valence electrons. The van der Waals surface area contributed by atoms with Crippen molar-refractivity contribution in [3.63, 3.8) is 0 Å². The summed E-state index contributed by atoms with van der Waals surface area (Å²) in [5.74, 6) is 1.52. The van der Waals surface area contributed by atoms with Crippen molar-refractivity contribution in [2.45, 2.75) is 50.9 Å². The predicted molar refractivity (Wildman–Crippen MR) is 109 cm³/mol. The van der Waals surface area contributed by atoms with Crippen LogP contribution in [-0.2, 0) is 11.2 Å². The monoisotopic (exact) mass is 461 g/mol. The average molecular weight is 461 g/mol. The molecule has 0 radical (unpaired) electrons. The standard InChI is InChI=1S/C18H27N3O3.HI/c1-3-19-18(21-14-11-13-7-8-15(14)24-13)20-10-9-12-5-4-6-16(23-2)17(12)22;/h4-6,13-15,22H,3,7-11H2,1-2H3,(H2,19,20,21);1H. The fraction of sp³-hybridized carbons (Fsp3) is 0.611. The van der Waals surface area contributed by atoms with Crippen molar-refractivity contribution < 1.29 is 14.6 Å². The summed E-state index contributed by atoms with van der Waals surface area (Å²) in [7, 11) is 1.56. The maximum Gasteiger partial charge on any atom is 0.191 e. The van der Waals surface area contributed by atoms with Crippen molar-refractivity contribution in [1.29, 1.82) is 0 Å². The number of methoxy groups -OCH3 is 1. The topological polar surface area (TPSA) is 75.1 Å². The molecule has 0 aliphatic carbocycles. The summed E-state index contributed by atoms with van der Waals surface area (Å²) < 4.78 is 11.0. The van der Waals surface area contributed by atoms with E-state index in [1.807, 2.05) is 12.1 Å². The van der Waals surface area contributed by atoms with Crippen molar-refractivity contribution in [1.82, 2.24) is 10.6 Å². The van der Waals surface area contributed by atoms with Gasteiger partial charge < -0.3 is 25.2 Å². The molecule has 25 heavy (non-hydrogen) atoms. The Labute approximate surface area is 166 Å². The zero-order valence-corrected chi connectivity index (χ0v) is 17.2. The number of fused-ring (bicyclic) bond motifs is 2. The fourth-order valence-corrected chi connectivity index (χ4v) is 3.51. The van der Waals surface area contributed by atoms with E-state index in [1.165, 1.54) is 6.42 Å². The number of phenolic OH excluding ortho intramolecular Hbond substituents is 1. The van der Waals surface area contributed by atoms with E-state index in [0.717, 1.165) is 30.9 Å². The number of guanidine groups is 1. The van der Waals surface area contributed by atoms with Gasteiger partial charge in [0.05, 0.1) is 25.4 Å². The van der Waals surface area contributed by atoms with Gasteiger partial charge in [0.2, 0.25) is 0 Å². The number of aromatic hydroxyl groups is 1. The molecule has 0 aromatic heterocycles. The predicted octanol–water partition coefficient (Wildman–Crippen LogP) is 2.44. The van der Waals surface area contributed by atoms with Crippen LogP contribution in [0.2, 0.25) is 0 Å². The van der Waals surface area contributed by atoms with Gasteiger partial charge in [0, 0.05) is 13.1 Å². The first kappa shape index (κ1) is 20.1. The highest BCUT2D eigenvalue weighted by Crippen LogP contribution is 2.34. The lowest BCUT2D eigenvalue weighted by atomic mass is 9.96. The third-order valence-electron chi connectivity index (χ3n) is 4.73. The molecule has 3 N–H and O–H groups in total. The summed E-state index contributed by atoms with van der Waals surface area (Å²) in [5.41, 5.74) is 0.845. The van der Waals surface area contributed by atoms with E-state index in [-0.39, 0.29) is 29.7 Å². The Morgan fingerprint density at radius 2 is 2.24 bits per heavy atom. The van der Waals surface area contributed by atoms with Crippen molar-refractivity contribution in [3.05, 3.63) is 23.8 Å². The Morgan fingerprint density at radius 1 is 1.40 bits per heavy atom. The maximum atomic E-state index is 10.1. The minimum atomic E-state index is 0. The van der Waals surface area contributed by atoms with Crippen LogP contribution >= 0.6 is 24.0 Å². The molecule has 2 aliphatic heterocycles. The Morgan fingerprint density at radius 3 is 2.88 bits per heavy atom. The van der Waals surface area contributed by atoms with Gasteiger partial charge in [0.25, 0.3) is 0 Å². The smallest absolute Gasteiger partial charge is 0.191 e. The number of aliphatic imine (C=N–C) groups is 1.